The molecular weight excluding hydrogens is 520 g/mol. The number of aromatic nitrogens is 2. The van der Waals surface area contributed by atoms with Gasteiger partial charge in [-0.15, -0.1) is 0 Å². The zero-order valence-corrected chi connectivity index (χ0v) is 24.5. The summed E-state index contributed by atoms with van der Waals surface area (Å²) in [7, 11) is 0. The molecule has 5 rings (SSSR count). The average Bonchev–Trinajstić information content (AvgIpc) is 3.38. The number of rotatable bonds is 13. The second-order valence-corrected chi connectivity index (χ2v) is 11.2. The van der Waals surface area contributed by atoms with Crippen molar-refractivity contribution in [2.45, 2.75) is 76.9 Å². The van der Waals surface area contributed by atoms with Gasteiger partial charge in [-0.3, -0.25) is 9.59 Å². The van der Waals surface area contributed by atoms with Gasteiger partial charge in [0.05, 0.1) is 11.0 Å². The van der Waals surface area contributed by atoms with E-state index >= 15 is 0 Å². The third-order valence-corrected chi connectivity index (χ3v) is 8.16. The normalized spacial score (nSPS) is 13.9. The van der Waals surface area contributed by atoms with E-state index in [-0.39, 0.29) is 11.8 Å². The van der Waals surface area contributed by atoms with Crippen molar-refractivity contribution >= 4 is 28.9 Å². The highest BCUT2D eigenvalue weighted by Crippen LogP contribution is 2.26. The molecule has 42 heavy (non-hydrogen) atoms. The Morgan fingerprint density at radius 1 is 0.857 bits per heavy atom. The van der Waals surface area contributed by atoms with E-state index in [1.165, 1.54) is 24.8 Å². The van der Waals surface area contributed by atoms with Crippen LogP contribution in [0.4, 0.5) is 0 Å². The van der Waals surface area contributed by atoms with E-state index in [1.54, 1.807) is 6.08 Å². The molecule has 3 aromatic carbocycles. The van der Waals surface area contributed by atoms with Gasteiger partial charge in [0.1, 0.15) is 12.4 Å². The van der Waals surface area contributed by atoms with Crippen LogP contribution in [-0.2, 0) is 29.1 Å². The predicted octanol–water partition coefficient (Wildman–Crippen LogP) is 6.94. The molecule has 0 aliphatic heterocycles. The summed E-state index contributed by atoms with van der Waals surface area (Å²) in [5, 5.41) is 2.98. The van der Waals surface area contributed by atoms with Gasteiger partial charge in [-0.25, -0.2) is 4.98 Å². The van der Waals surface area contributed by atoms with Crippen LogP contribution in [-0.4, -0.2) is 38.9 Å². The highest BCUT2D eigenvalue weighted by atomic mass is 16.2. The van der Waals surface area contributed by atoms with Crippen LogP contribution in [0.3, 0.4) is 0 Å². The van der Waals surface area contributed by atoms with E-state index in [9.17, 15) is 9.59 Å². The zero-order valence-electron chi connectivity index (χ0n) is 24.5. The molecule has 0 radical (unpaired) electrons. The maximum absolute atomic E-state index is 14.0. The van der Waals surface area contributed by atoms with Crippen LogP contribution in [0.5, 0.6) is 0 Å². The van der Waals surface area contributed by atoms with Crippen LogP contribution in [0.1, 0.15) is 68.3 Å². The Hall–Kier alpha value is -4.19. The monoisotopic (exact) mass is 562 g/mol. The fourth-order valence-corrected chi connectivity index (χ4v) is 5.90. The number of nitrogens with one attached hydrogen (secondary N) is 1. The number of amides is 2. The molecule has 1 aliphatic carbocycles. The molecule has 1 fully saturated rings. The molecule has 1 saturated carbocycles. The third-order valence-electron chi connectivity index (χ3n) is 8.16. The molecule has 0 atom stereocenters. The van der Waals surface area contributed by atoms with Gasteiger partial charge >= 0.3 is 0 Å². The largest absolute Gasteiger partial charge is 0.353 e. The van der Waals surface area contributed by atoms with Gasteiger partial charge in [0, 0.05) is 31.6 Å². The van der Waals surface area contributed by atoms with Gasteiger partial charge in [-0.2, -0.15) is 0 Å². The van der Waals surface area contributed by atoms with Crippen LogP contribution in [0.25, 0.3) is 17.1 Å². The Labute approximate surface area is 249 Å². The summed E-state index contributed by atoms with van der Waals surface area (Å²) in [6, 6.07) is 28.6. The molecule has 1 N–H and O–H groups in total. The number of hydrogen-bond acceptors (Lipinski definition) is 3. The smallest absolute Gasteiger partial charge is 0.243 e. The van der Waals surface area contributed by atoms with Crippen molar-refractivity contribution in [1.29, 1.82) is 0 Å². The number of benzene rings is 3. The summed E-state index contributed by atoms with van der Waals surface area (Å²) < 4.78 is 2.13. The Kier molecular flexibility index (Phi) is 10.6. The van der Waals surface area contributed by atoms with Gasteiger partial charge in [0.25, 0.3) is 0 Å². The summed E-state index contributed by atoms with van der Waals surface area (Å²) in [4.78, 5) is 33.2. The van der Waals surface area contributed by atoms with Crippen molar-refractivity contribution in [3.8, 4) is 0 Å². The van der Waals surface area contributed by atoms with Crippen molar-refractivity contribution in [3.05, 3.63) is 108 Å². The maximum Gasteiger partial charge on any atom is 0.243 e. The van der Waals surface area contributed by atoms with Crippen molar-refractivity contribution in [2.75, 3.05) is 6.54 Å². The number of unbranched alkanes of at least 4 members (excludes halogenated alkanes) is 2. The summed E-state index contributed by atoms with van der Waals surface area (Å²) in [6.07, 6.45) is 12.8. The lowest BCUT2D eigenvalue weighted by molar-refractivity contribution is -0.135. The van der Waals surface area contributed by atoms with E-state index in [0.29, 0.717) is 25.7 Å². The number of aryl methyl sites for hydroxylation is 1. The third kappa shape index (κ3) is 8.19. The van der Waals surface area contributed by atoms with Crippen molar-refractivity contribution < 1.29 is 9.59 Å². The fourth-order valence-electron chi connectivity index (χ4n) is 5.90. The summed E-state index contributed by atoms with van der Waals surface area (Å²) in [5.74, 6) is 1.06. The number of fused-ring (bicyclic) bond motifs is 1. The first kappa shape index (κ1) is 29.3. The number of imidazole rings is 1. The second kappa shape index (κ2) is 15.2. The minimum absolute atomic E-state index is 0.0721. The van der Waals surface area contributed by atoms with E-state index in [2.05, 4.69) is 33.0 Å². The number of para-hydroxylation sites is 2. The molecule has 0 spiro atoms. The van der Waals surface area contributed by atoms with Crippen LogP contribution in [0.2, 0.25) is 0 Å². The molecule has 2 amide bonds. The quantitative estimate of drug-likeness (QED) is 0.142. The lowest BCUT2D eigenvalue weighted by atomic mass is 9.93. The van der Waals surface area contributed by atoms with Gasteiger partial charge in [-0.1, -0.05) is 98.5 Å². The SMILES string of the molecule is O=C(/C=C/c1ccccc1)NCCCCCc1nc2ccccc2n1CC(=O)N(Cc1ccccc1)C1CCCCC1. The fraction of sp³-hybridized carbons (Fsp3) is 0.361. The number of carbonyl (C=O) groups excluding carboxylic acids is 2. The Morgan fingerprint density at radius 3 is 2.36 bits per heavy atom. The molecule has 6 nitrogen and oxygen atoms in total. The predicted molar refractivity (Wildman–Crippen MR) is 170 cm³/mol. The van der Waals surface area contributed by atoms with Crippen LogP contribution in [0.15, 0.2) is 91.0 Å². The van der Waals surface area contributed by atoms with Gasteiger partial charge in [0.15, 0.2) is 0 Å². The standard InChI is InChI=1S/C36H42N4O2/c41-35(25-24-29-15-5-1-6-16-29)37-26-14-4-11-23-34-38-32-21-12-13-22-33(32)40(34)28-36(42)39(31-19-9-3-10-20-31)27-30-17-7-2-8-18-30/h1-2,5-8,12-13,15-18,21-22,24-25,31H,3-4,9-11,14,19-20,23,26-28H2,(H,37,41)/b25-24+. The molecular formula is C36H42N4O2. The summed E-state index contributed by atoms with van der Waals surface area (Å²) >= 11 is 0. The first-order chi connectivity index (χ1) is 20.7. The molecule has 4 aromatic rings. The topological polar surface area (TPSA) is 67.2 Å². The second-order valence-electron chi connectivity index (χ2n) is 11.2. The van der Waals surface area contributed by atoms with Crippen LogP contribution < -0.4 is 5.32 Å². The molecule has 0 unspecified atom stereocenters. The highest BCUT2D eigenvalue weighted by molar-refractivity contribution is 5.91. The van der Waals surface area contributed by atoms with E-state index in [0.717, 1.165) is 60.9 Å². The van der Waals surface area contributed by atoms with Crippen molar-refractivity contribution in [2.24, 2.45) is 0 Å². The van der Waals surface area contributed by atoms with Gasteiger partial charge in [0.2, 0.25) is 11.8 Å². The average molecular weight is 563 g/mol. The zero-order chi connectivity index (χ0) is 29.0. The van der Waals surface area contributed by atoms with E-state index < -0.39 is 0 Å². The lowest BCUT2D eigenvalue weighted by Gasteiger charge is -2.35. The highest BCUT2D eigenvalue weighted by Gasteiger charge is 2.26. The summed E-state index contributed by atoms with van der Waals surface area (Å²) in [6.45, 7) is 1.60. The van der Waals surface area contributed by atoms with Crippen molar-refractivity contribution in [1.82, 2.24) is 19.8 Å². The lowest BCUT2D eigenvalue weighted by Crippen LogP contribution is -2.42. The number of hydrogen-bond donors (Lipinski definition) is 1. The van der Waals surface area contributed by atoms with Gasteiger partial charge < -0.3 is 14.8 Å². The number of nitrogens with zero attached hydrogens (tertiary/aromatic N) is 3. The van der Waals surface area contributed by atoms with Crippen LogP contribution >= 0.6 is 0 Å². The molecule has 1 aromatic heterocycles. The molecule has 0 saturated heterocycles. The van der Waals surface area contributed by atoms with Crippen LogP contribution in [0, 0.1) is 0 Å². The first-order valence-electron chi connectivity index (χ1n) is 15.5. The molecule has 0 bridgehead atoms. The summed E-state index contributed by atoms with van der Waals surface area (Å²) in [5.41, 5.74) is 4.14. The molecule has 218 valence electrons. The number of carbonyl (C=O) groups is 2. The minimum atomic E-state index is -0.0721. The maximum atomic E-state index is 14.0. The Bertz CT molecular complexity index is 1460. The van der Waals surface area contributed by atoms with E-state index in [4.69, 9.17) is 4.98 Å². The van der Waals surface area contributed by atoms with Crippen molar-refractivity contribution in [3.63, 3.8) is 0 Å². The Balaban J connectivity index is 1.18. The van der Waals surface area contributed by atoms with Gasteiger partial charge in [-0.05, 0) is 55.0 Å². The van der Waals surface area contributed by atoms with E-state index in [1.807, 2.05) is 72.8 Å². The molecule has 1 aliphatic rings. The minimum Gasteiger partial charge on any atom is -0.353 e. The first-order valence-corrected chi connectivity index (χ1v) is 15.5. The molecule has 1 heterocycles. The molecule has 6 heteroatoms. The Morgan fingerprint density at radius 2 is 1.57 bits per heavy atom.